The van der Waals surface area contributed by atoms with Gasteiger partial charge in [-0.15, -0.1) is 0 Å². The van der Waals surface area contributed by atoms with Crippen LogP contribution >= 0.6 is 0 Å². The van der Waals surface area contributed by atoms with E-state index < -0.39 is 33.0 Å². The van der Waals surface area contributed by atoms with Crippen molar-refractivity contribution >= 4 is 15.6 Å². The van der Waals surface area contributed by atoms with Crippen molar-refractivity contribution in [1.29, 1.82) is 0 Å². The number of carbonyl (C=O) groups excluding carboxylic acids is 1. The SMILES string of the molecule is CC(=O)c1nc2n(c(=O)c1O)CCN(C)C2CS(C)(=O)=O. The van der Waals surface area contributed by atoms with Crippen LogP contribution in [-0.4, -0.2) is 59.4 Å². The molecule has 0 saturated carbocycles. The predicted octanol–water partition coefficient (Wildman–Crippen LogP) is -0.817. The van der Waals surface area contributed by atoms with Crippen LogP contribution in [0.2, 0.25) is 0 Å². The van der Waals surface area contributed by atoms with E-state index in [0.717, 1.165) is 6.26 Å². The van der Waals surface area contributed by atoms with Gasteiger partial charge in [-0.2, -0.15) is 0 Å². The Hall–Kier alpha value is -1.74. The molecule has 1 N–H and O–H groups in total. The van der Waals surface area contributed by atoms with Crippen molar-refractivity contribution in [2.24, 2.45) is 0 Å². The third kappa shape index (κ3) is 2.98. The molecule has 0 radical (unpaired) electrons. The van der Waals surface area contributed by atoms with E-state index in [0.29, 0.717) is 6.54 Å². The number of hydrogen-bond acceptors (Lipinski definition) is 7. The summed E-state index contributed by atoms with van der Waals surface area (Å²) in [4.78, 5) is 29.4. The summed E-state index contributed by atoms with van der Waals surface area (Å²) < 4.78 is 24.4. The second-order valence-corrected chi connectivity index (χ2v) is 7.45. The zero-order valence-corrected chi connectivity index (χ0v) is 12.8. The van der Waals surface area contributed by atoms with Gasteiger partial charge in [0.25, 0.3) is 5.56 Å². The lowest BCUT2D eigenvalue weighted by Gasteiger charge is -2.34. The number of aromatic hydroxyl groups is 1. The number of sulfone groups is 1. The summed E-state index contributed by atoms with van der Waals surface area (Å²) in [5.41, 5.74) is -1.03. The molecular weight excluding hydrogens is 298 g/mol. The Bertz CT molecular complexity index is 753. The van der Waals surface area contributed by atoms with Gasteiger partial charge in [-0.1, -0.05) is 0 Å². The molecule has 8 nitrogen and oxygen atoms in total. The minimum Gasteiger partial charge on any atom is -0.501 e. The lowest BCUT2D eigenvalue weighted by molar-refractivity contribution is 0.100. The molecule has 0 saturated heterocycles. The molecule has 0 aliphatic carbocycles. The summed E-state index contributed by atoms with van der Waals surface area (Å²) in [5.74, 6) is -1.24. The first-order chi connectivity index (χ1) is 9.61. The summed E-state index contributed by atoms with van der Waals surface area (Å²) in [5, 5.41) is 9.76. The first kappa shape index (κ1) is 15.6. The molecule has 9 heteroatoms. The van der Waals surface area contributed by atoms with Gasteiger partial charge in [0, 0.05) is 26.3 Å². The molecule has 1 aliphatic heterocycles. The summed E-state index contributed by atoms with van der Waals surface area (Å²) in [7, 11) is -1.57. The van der Waals surface area contributed by atoms with Gasteiger partial charge < -0.3 is 5.11 Å². The van der Waals surface area contributed by atoms with Crippen LogP contribution in [0.3, 0.4) is 0 Å². The van der Waals surface area contributed by atoms with Crippen molar-refractivity contribution in [3.05, 3.63) is 21.9 Å². The first-order valence-corrected chi connectivity index (χ1v) is 8.40. The highest BCUT2D eigenvalue weighted by Gasteiger charge is 2.32. The number of rotatable bonds is 3. The zero-order chi connectivity index (χ0) is 15.9. The van der Waals surface area contributed by atoms with E-state index in [1.807, 2.05) is 0 Å². The fourth-order valence-corrected chi connectivity index (χ4v) is 3.35. The van der Waals surface area contributed by atoms with Crippen LogP contribution in [-0.2, 0) is 16.4 Å². The minimum absolute atomic E-state index is 0.196. The predicted molar refractivity (Wildman–Crippen MR) is 75.2 cm³/mol. The molecule has 0 aromatic carbocycles. The molecule has 1 aromatic rings. The van der Waals surface area contributed by atoms with Crippen molar-refractivity contribution in [2.75, 3.05) is 25.6 Å². The summed E-state index contributed by atoms with van der Waals surface area (Å²) in [6.45, 7) is 1.92. The van der Waals surface area contributed by atoms with Gasteiger partial charge in [0.15, 0.2) is 11.5 Å². The standard InChI is InChI=1S/C12H17N3O5S/c1-7(16)9-10(17)12(18)15-5-4-14(2)8(11(15)13-9)6-21(3,19)20/h8,17H,4-6H2,1-3H3. The second-order valence-electron chi connectivity index (χ2n) is 5.27. The highest BCUT2D eigenvalue weighted by molar-refractivity contribution is 7.90. The lowest BCUT2D eigenvalue weighted by Crippen LogP contribution is -2.44. The largest absolute Gasteiger partial charge is 0.501 e. The smallest absolute Gasteiger partial charge is 0.296 e. The Kier molecular flexibility index (Phi) is 3.89. The summed E-state index contributed by atoms with van der Waals surface area (Å²) in [6.07, 6.45) is 1.10. The molecule has 2 heterocycles. The number of ketones is 1. The van der Waals surface area contributed by atoms with Crippen LogP contribution in [0.25, 0.3) is 0 Å². The van der Waals surface area contributed by atoms with E-state index in [1.54, 1.807) is 11.9 Å². The van der Waals surface area contributed by atoms with Crippen LogP contribution in [0.4, 0.5) is 0 Å². The maximum atomic E-state index is 12.1. The Balaban J connectivity index is 2.67. The van der Waals surface area contributed by atoms with Crippen molar-refractivity contribution < 1.29 is 18.3 Å². The number of hydrogen-bond donors (Lipinski definition) is 1. The number of aromatic nitrogens is 2. The molecular formula is C12H17N3O5S. The van der Waals surface area contributed by atoms with Gasteiger partial charge in [0.05, 0.1) is 11.8 Å². The van der Waals surface area contributed by atoms with Crippen LogP contribution in [0.15, 0.2) is 4.79 Å². The Labute approximate surface area is 121 Å². The van der Waals surface area contributed by atoms with Crippen molar-refractivity contribution in [3.8, 4) is 5.75 Å². The van der Waals surface area contributed by atoms with Crippen LogP contribution < -0.4 is 5.56 Å². The topological polar surface area (TPSA) is 110 Å². The molecule has 0 spiro atoms. The average molecular weight is 315 g/mol. The molecule has 1 unspecified atom stereocenters. The van der Waals surface area contributed by atoms with E-state index in [2.05, 4.69) is 4.98 Å². The van der Waals surface area contributed by atoms with Gasteiger partial charge >= 0.3 is 0 Å². The number of likely N-dealkylation sites (N-methyl/N-ethyl adjacent to an activating group) is 1. The molecule has 0 bridgehead atoms. The molecule has 21 heavy (non-hydrogen) atoms. The number of carbonyl (C=O) groups is 1. The lowest BCUT2D eigenvalue weighted by atomic mass is 10.2. The van der Waals surface area contributed by atoms with Crippen molar-refractivity contribution in [3.63, 3.8) is 0 Å². The Morgan fingerprint density at radius 2 is 2.05 bits per heavy atom. The van der Waals surface area contributed by atoms with Gasteiger partial charge in [0.2, 0.25) is 5.75 Å². The number of nitrogens with zero attached hydrogens (tertiary/aromatic N) is 3. The first-order valence-electron chi connectivity index (χ1n) is 6.34. The monoisotopic (exact) mass is 315 g/mol. The van der Waals surface area contributed by atoms with E-state index in [-0.39, 0.29) is 23.8 Å². The van der Waals surface area contributed by atoms with E-state index in [4.69, 9.17) is 0 Å². The quantitative estimate of drug-likeness (QED) is 0.726. The molecule has 116 valence electrons. The van der Waals surface area contributed by atoms with Gasteiger partial charge in [-0.25, -0.2) is 13.4 Å². The summed E-state index contributed by atoms with van der Waals surface area (Å²) in [6, 6.07) is -0.625. The molecule has 0 amide bonds. The zero-order valence-electron chi connectivity index (χ0n) is 12.0. The van der Waals surface area contributed by atoms with Crippen LogP contribution in [0.5, 0.6) is 5.75 Å². The van der Waals surface area contributed by atoms with Gasteiger partial charge in [0.1, 0.15) is 15.7 Å². The maximum Gasteiger partial charge on any atom is 0.296 e. The highest BCUT2D eigenvalue weighted by atomic mass is 32.2. The molecule has 1 aliphatic rings. The molecule has 1 atom stereocenters. The fraction of sp³-hybridized carbons (Fsp3) is 0.583. The molecule has 0 fully saturated rings. The molecule has 1 aromatic heterocycles. The third-order valence-corrected chi connectivity index (χ3v) is 4.40. The third-order valence-electron chi connectivity index (χ3n) is 3.48. The maximum absolute atomic E-state index is 12.1. The van der Waals surface area contributed by atoms with Crippen LogP contribution in [0.1, 0.15) is 29.3 Å². The summed E-state index contributed by atoms with van der Waals surface area (Å²) >= 11 is 0. The number of Topliss-reactive ketones (excluding diaryl/α,β-unsaturated/α-hetero) is 1. The number of fused-ring (bicyclic) bond motifs is 1. The van der Waals surface area contributed by atoms with Crippen LogP contribution in [0, 0.1) is 0 Å². The van der Waals surface area contributed by atoms with E-state index in [9.17, 15) is 23.1 Å². The Morgan fingerprint density at radius 3 is 2.57 bits per heavy atom. The van der Waals surface area contributed by atoms with E-state index >= 15 is 0 Å². The van der Waals surface area contributed by atoms with Crippen molar-refractivity contribution in [1.82, 2.24) is 14.5 Å². The normalized spacial score (nSPS) is 19.3. The highest BCUT2D eigenvalue weighted by Crippen LogP contribution is 2.24. The molecule has 2 rings (SSSR count). The van der Waals surface area contributed by atoms with E-state index in [1.165, 1.54) is 11.5 Å². The van der Waals surface area contributed by atoms with Crippen molar-refractivity contribution in [2.45, 2.75) is 19.5 Å². The fourth-order valence-electron chi connectivity index (χ4n) is 2.38. The average Bonchev–Trinajstić information content (AvgIpc) is 2.35. The van der Waals surface area contributed by atoms with Gasteiger partial charge in [-0.3, -0.25) is 19.1 Å². The minimum atomic E-state index is -3.30. The second kappa shape index (κ2) is 5.23. The Morgan fingerprint density at radius 1 is 1.43 bits per heavy atom. The van der Waals surface area contributed by atoms with Gasteiger partial charge in [-0.05, 0) is 7.05 Å².